The summed E-state index contributed by atoms with van der Waals surface area (Å²) in [4.78, 5) is 11.6. The first-order chi connectivity index (χ1) is 9.35. The largest absolute Gasteiger partial charge is 0.481 e. The first-order valence-corrected chi connectivity index (χ1v) is 9.61. The van der Waals surface area contributed by atoms with Gasteiger partial charge in [0.2, 0.25) is 0 Å². The molecule has 5 heteroatoms. The zero-order valence-corrected chi connectivity index (χ0v) is 13.5. The third-order valence-electron chi connectivity index (χ3n) is 4.62. The highest BCUT2D eigenvalue weighted by Crippen LogP contribution is 2.43. The van der Waals surface area contributed by atoms with Crippen LogP contribution in [-0.2, 0) is 14.6 Å². The molecule has 1 fully saturated rings. The molecule has 1 rings (SSSR count). The van der Waals surface area contributed by atoms with Gasteiger partial charge in [-0.15, -0.1) is 0 Å². The molecule has 1 saturated carbocycles. The van der Waals surface area contributed by atoms with Crippen LogP contribution < -0.4 is 0 Å². The molecule has 0 bridgehead atoms. The number of rotatable bonds is 8. The fourth-order valence-electron chi connectivity index (χ4n) is 3.26. The summed E-state index contributed by atoms with van der Waals surface area (Å²) >= 11 is 0. The number of sulfone groups is 1. The van der Waals surface area contributed by atoms with Crippen LogP contribution in [0.4, 0.5) is 0 Å². The van der Waals surface area contributed by atoms with Crippen molar-refractivity contribution in [2.75, 3.05) is 11.5 Å². The third-order valence-corrected chi connectivity index (χ3v) is 6.48. The van der Waals surface area contributed by atoms with Gasteiger partial charge >= 0.3 is 5.97 Å². The van der Waals surface area contributed by atoms with Gasteiger partial charge in [0.25, 0.3) is 0 Å². The number of carboxylic acid groups (broad SMARTS) is 1. The van der Waals surface area contributed by atoms with E-state index in [0.717, 1.165) is 25.7 Å². The Bertz CT molecular complexity index is 406. The van der Waals surface area contributed by atoms with Gasteiger partial charge in [-0.3, -0.25) is 4.79 Å². The van der Waals surface area contributed by atoms with Gasteiger partial charge in [-0.2, -0.15) is 0 Å². The van der Waals surface area contributed by atoms with Gasteiger partial charge in [0, 0.05) is 5.75 Å². The summed E-state index contributed by atoms with van der Waals surface area (Å²) in [5.41, 5.74) is -0.801. The van der Waals surface area contributed by atoms with E-state index in [2.05, 4.69) is 6.92 Å². The minimum Gasteiger partial charge on any atom is -0.481 e. The molecule has 0 aromatic carbocycles. The van der Waals surface area contributed by atoms with Crippen LogP contribution in [0.15, 0.2) is 0 Å². The van der Waals surface area contributed by atoms with E-state index in [1.165, 1.54) is 0 Å². The zero-order valence-electron chi connectivity index (χ0n) is 12.7. The lowest BCUT2D eigenvalue weighted by Crippen LogP contribution is -2.37. The molecular formula is C15H28O4S. The first kappa shape index (κ1) is 17.5. The number of hydrogen-bond acceptors (Lipinski definition) is 3. The van der Waals surface area contributed by atoms with Crippen molar-refractivity contribution in [2.45, 2.75) is 65.2 Å². The van der Waals surface area contributed by atoms with E-state index in [1.54, 1.807) is 0 Å². The second kappa shape index (κ2) is 7.43. The fourth-order valence-corrected chi connectivity index (χ4v) is 4.79. The summed E-state index contributed by atoms with van der Waals surface area (Å²) in [6, 6.07) is 0. The number of carboxylic acids is 1. The van der Waals surface area contributed by atoms with E-state index in [-0.39, 0.29) is 17.9 Å². The lowest BCUT2D eigenvalue weighted by molar-refractivity contribution is -0.151. The Morgan fingerprint density at radius 3 is 2.20 bits per heavy atom. The van der Waals surface area contributed by atoms with Gasteiger partial charge in [0.1, 0.15) is 9.84 Å². The van der Waals surface area contributed by atoms with Crippen molar-refractivity contribution < 1.29 is 18.3 Å². The van der Waals surface area contributed by atoms with Crippen molar-refractivity contribution in [3.8, 4) is 0 Å². The Morgan fingerprint density at radius 2 is 1.75 bits per heavy atom. The van der Waals surface area contributed by atoms with E-state index in [9.17, 15) is 18.3 Å². The molecule has 0 radical (unpaired) electrons. The minimum atomic E-state index is -3.09. The third kappa shape index (κ3) is 4.76. The zero-order chi connectivity index (χ0) is 15.2. The topological polar surface area (TPSA) is 71.4 Å². The highest BCUT2D eigenvalue weighted by Gasteiger charge is 2.42. The quantitative estimate of drug-likeness (QED) is 0.747. The standard InChI is InChI=1S/C15H28O4S/c1-3-5-13-6-8-15(9-7-13,14(16)17)10-12-20(18,19)11-4-2/h13H,3-12H2,1-2H3,(H,16,17). The molecule has 0 unspecified atom stereocenters. The molecule has 1 aliphatic rings. The molecule has 0 spiro atoms. The van der Waals surface area contributed by atoms with Crippen LogP contribution in [0.1, 0.15) is 65.2 Å². The summed E-state index contributed by atoms with van der Waals surface area (Å²) in [7, 11) is -3.09. The van der Waals surface area contributed by atoms with Crippen LogP contribution in [-0.4, -0.2) is 31.0 Å². The average Bonchev–Trinajstić information content (AvgIpc) is 2.38. The van der Waals surface area contributed by atoms with Crippen molar-refractivity contribution in [3.63, 3.8) is 0 Å². The fraction of sp³-hybridized carbons (Fsp3) is 0.933. The molecule has 0 aliphatic heterocycles. The van der Waals surface area contributed by atoms with E-state index >= 15 is 0 Å². The second-order valence-electron chi connectivity index (χ2n) is 6.22. The molecule has 1 N–H and O–H groups in total. The van der Waals surface area contributed by atoms with E-state index in [4.69, 9.17) is 0 Å². The molecular weight excluding hydrogens is 276 g/mol. The average molecular weight is 304 g/mol. The molecule has 20 heavy (non-hydrogen) atoms. The summed E-state index contributed by atoms with van der Waals surface area (Å²) in [5.74, 6) is 0.00564. The number of hydrogen-bond donors (Lipinski definition) is 1. The van der Waals surface area contributed by atoms with Crippen molar-refractivity contribution >= 4 is 15.8 Å². The van der Waals surface area contributed by atoms with E-state index < -0.39 is 21.2 Å². The van der Waals surface area contributed by atoms with E-state index in [0.29, 0.717) is 25.2 Å². The van der Waals surface area contributed by atoms with Gasteiger partial charge in [-0.1, -0.05) is 26.7 Å². The van der Waals surface area contributed by atoms with Crippen LogP contribution in [0.2, 0.25) is 0 Å². The van der Waals surface area contributed by atoms with Crippen LogP contribution >= 0.6 is 0 Å². The maximum absolute atomic E-state index is 11.8. The smallest absolute Gasteiger partial charge is 0.309 e. The van der Waals surface area contributed by atoms with Crippen molar-refractivity contribution in [2.24, 2.45) is 11.3 Å². The second-order valence-corrected chi connectivity index (χ2v) is 8.52. The molecule has 0 heterocycles. The van der Waals surface area contributed by atoms with Crippen molar-refractivity contribution in [1.82, 2.24) is 0 Å². The predicted octanol–water partition coefficient (Wildman–Crippen LogP) is 3.26. The molecule has 4 nitrogen and oxygen atoms in total. The molecule has 118 valence electrons. The van der Waals surface area contributed by atoms with Crippen molar-refractivity contribution in [1.29, 1.82) is 0 Å². The Labute approximate surface area is 122 Å². The lowest BCUT2D eigenvalue weighted by atomic mass is 9.68. The summed E-state index contributed by atoms with van der Waals surface area (Å²) in [6.07, 6.45) is 6.29. The number of aliphatic carboxylic acids is 1. The van der Waals surface area contributed by atoms with Crippen LogP contribution in [0.25, 0.3) is 0 Å². The summed E-state index contributed by atoms with van der Waals surface area (Å²) < 4.78 is 23.6. The predicted molar refractivity (Wildman–Crippen MR) is 80.5 cm³/mol. The SMILES string of the molecule is CCCC1CCC(CCS(=O)(=O)CCC)(C(=O)O)CC1. The molecule has 0 aromatic heterocycles. The normalized spacial score (nSPS) is 27.4. The molecule has 1 aliphatic carbocycles. The molecule has 0 amide bonds. The molecule has 0 aromatic rings. The maximum Gasteiger partial charge on any atom is 0.309 e. The van der Waals surface area contributed by atoms with E-state index in [1.807, 2.05) is 6.92 Å². The maximum atomic E-state index is 11.8. The highest BCUT2D eigenvalue weighted by molar-refractivity contribution is 7.91. The van der Waals surface area contributed by atoms with Crippen molar-refractivity contribution in [3.05, 3.63) is 0 Å². The van der Waals surface area contributed by atoms with Gasteiger partial charge in [-0.05, 0) is 44.4 Å². The van der Waals surface area contributed by atoms with Gasteiger partial charge in [-0.25, -0.2) is 8.42 Å². The van der Waals surface area contributed by atoms with Crippen LogP contribution in [0.5, 0.6) is 0 Å². The first-order valence-electron chi connectivity index (χ1n) is 7.79. The highest BCUT2D eigenvalue weighted by atomic mass is 32.2. The Kier molecular flexibility index (Phi) is 6.49. The molecule has 0 saturated heterocycles. The van der Waals surface area contributed by atoms with Gasteiger partial charge < -0.3 is 5.11 Å². The summed E-state index contributed by atoms with van der Waals surface area (Å²) in [5, 5.41) is 9.54. The van der Waals surface area contributed by atoms with Gasteiger partial charge in [0.05, 0.1) is 11.2 Å². The van der Waals surface area contributed by atoms with Crippen LogP contribution in [0.3, 0.4) is 0 Å². The lowest BCUT2D eigenvalue weighted by Gasteiger charge is -2.36. The molecule has 0 atom stereocenters. The van der Waals surface area contributed by atoms with Crippen LogP contribution in [0, 0.1) is 11.3 Å². The van der Waals surface area contributed by atoms with Gasteiger partial charge in [0.15, 0.2) is 0 Å². The Hall–Kier alpha value is -0.580. The Balaban J connectivity index is 2.64. The Morgan fingerprint density at radius 1 is 1.15 bits per heavy atom. The number of carbonyl (C=O) groups is 1. The minimum absolute atomic E-state index is 0.0194. The monoisotopic (exact) mass is 304 g/mol. The summed E-state index contributed by atoms with van der Waals surface area (Å²) in [6.45, 7) is 3.98.